The number of hydrogen-bond acceptors (Lipinski definition) is 3. The van der Waals surface area contributed by atoms with Crippen LogP contribution in [0, 0.1) is 6.07 Å². The van der Waals surface area contributed by atoms with Gasteiger partial charge >= 0.3 is 56.7 Å². The van der Waals surface area contributed by atoms with Crippen LogP contribution < -0.4 is 14.0 Å². The van der Waals surface area contributed by atoms with Gasteiger partial charge in [-0.15, -0.1) is 6.07 Å². The molecule has 0 radical (unpaired) electrons. The number of halogens is 24. The lowest BCUT2D eigenvalue weighted by atomic mass is 9.90. The first-order valence-corrected chi connectivity index (χ1v) is 26.2. The fourth-order valence-electron chi connectivity index (χ4n) is 8.63. The van der Waals surface area contributed by atoms with Gasteiger partial charge in [0.25, 0.3) is 0 Å². The fraction of sp³-hybridized carbons (Fsp3) is 0.564. The van der Waals surface area contributed by atoms with E-state index >= 15 is 13.2 Å². The van der Waals surface area contributed by atoms with Gasteiger partial charge in [-0.25, -0.2) is 0 Å². The zero-order valence-corrected chi connectivity index (χ0v) is 45.5. The number of benzene rings is 4. The van der Waals surface area contributed by atoms with Crippen molar-refractivity contribution >= 4 is 7.32 Å². The lowest BCUT2D eigenvalue weighted by Crippen LogP contribution is -2.42. The van der Waals surface area contributed by atoms with E-state index in [9.17, 15) is 92.2 Å². The maximum Gasteiger partial charge on any atom is 0.864 e. The second-order valence-electron chi connectivity index (χ2n) is 20.6. The Morgan fingerprint density at radius 3 is 0.929 bits per heavy atom. The van der Waals surface area contributed by atoms with Crippen LogP contribution in [0.5, 0.6) is 17.2 Å². The SMILES string of the molecule is CCCCCCCCCCCCCCCCCCCC(c1c(OB(Oc2cc(C(F)(F)F)cc(C(F)(F)F)c2)Oc2cc(C(F)(F)F)cc(C(F)(F)F)c2)cc(C(F)(F)F)cc1C(F)(F)F)[N+](C)(C)C.FC(F)(F)c1c[c-]cc(C(F)(F)F)c1. The van der Waals surface area contributed by atoms with Gasteiger partial charge in [-0.3, -0.25) is 0 Å². The molecule has 0 amide bonds. The highest BCUT2D eigenvalue weighted by atomic mass is 19.4. The largest absolute Gasteiger partial charge is 0.864 e. The Morgan fingerprint density at radius 2 is 0.643 bits per heavy atom. The van der Waals surface area contributed by atoms with Gasteiger partial charge in [0.15, 0.2) is 0 Å². The highest BCUT2D eigenvalue weighted by molar-refractivity contribution is 6.39. The van der Waals surface area contributed by atoms with E-state index in [4.69, 9.17) is 14.0 Å². The van der Waals surface area contributed by atoms with Gasteiger partial charge < -0.3 is 18.4 Å². The van der Waals surface area contributed by atoms with Crippen molar-refractivity contribution < 1.29 is 124 Å². The number of alkyl halides is 24. The van der Waals surface area contributed by atoms with Gasteiger partial charge in [0, 0.05) is 6.42 Å². The second-order valence-corrected chi connectivity index (χ2v) is 20.6. The predicted molar refractivity (Wildman–Crippen MR) is 262 cm³/mol. The normalized spacial score (nSPS) is 13.6. The molecule has 84 heavy (non-hydrogen) atoms. The van der Waals surface area contributed by atoms with Gasteiger partial charge in [0.2, 0.25) is 0 Å². The number of hydrogen-bond donors (Lipinski definition) is 0. The van der Waals surface area contributed by atoms with Gasteiger partial charge in [-0.2, -0.15) is 124 Å². The summed E-state index contributed by atoms with van der Waals surface area (Å²) in [6, 6.07) is -0.391. The molecule has 0 aliphatic carbocycles. The molecule has 4 aromatic rings. The smallest absolute Gasteiger partial charge is 0.490 e. The minimum absolute atomic E-state index is 0.0256. The van der Waals surface area contributed by atoms with Gasteiger partial charge in [-0.05, 0) is 55.0 Å². The Balaban J connectivity index is 0.00000115. The summed E-state index contributed by atoms with van der Waals surface area (Å²) in [5.74, 6) is -4.62. The Morgan fingerprint density at radius 1 is 0.357 bits per heavy atom. The number of rotatable bonds is 26. The first-order chi connectivity index (χ1) is 38.3. The van der Waals surface area contributed by atoms with Crippen LogP contribution in [-0.4, -0.2) is 32.9 Å². The average Bonchev–Trinajstić information content (AvgIpc) is 2.92. The molecule has 4 nitrogen and oxygen atoms in total. The highest BCUT2D eigenvalue weighted by Gasteiger charge is 2.47. The summed E-state index contributed by atoms with van der Waals surface area (Å²) in [5.41, 5.74) is -16.2. The van der Waals surface area contributed by atoms with Crippen LogP contribution in [0.25, 0.3) is 0 Å². The number of unbranched alkanes of at least 4 members (excludes halogenated alkanes) is 16. The monoisotopic (exact) mass is 1250 g/mol. The van der Waals surface area contributed by atoms with Crippen molar-refractivity contribution in [2.45, 2.75) is 178 Å². The summed E-state index contributed by atoms with van der Waals surface area (Å²) in [5, 5.41) is 0. The van der Waals surface area contributed by atoms with Crippen LogP contribution in [-0.2, 0) is 49.4 Å². The first kappa shape index (κ1) is 72.9. The lowest BCUT2D eigenvalue weighted by Gasteiger charge is -2.37. The van der Waals surface area contributed by atoms with Crippen molar-refractivity contribution in [2.75, 3.05) is 21.1 Å². The molecule has 4 rings (SSSR count). The van der Waals surface area contributed by atoms with Crippen molar-refractivity contribution in [3.05, 3.63) is 123 Å². The van der Waals surface area contributed by atoms with Gasteiger partial charge in [0.1, 0.15) is 23.3 Å². The molecule has 4 aromatic carbocycles. The van der Waals surface area contributed by atoms with Gasteiger partial charge in [0.05, 0.1) is 60.1 Å². The van der Waals surface area contributed by atoms with Crippen molar-refractivity contribution in [3.8, 4) is 17.2 Å². The van der Waals surface area contributed by atoms with E-state index in [1.54, 1.807) is 6.07 Å². The van der Waals surface area contributed by atoms with Crippen molar-refractivity contribution in [3.63, 3.8) is 0 Å². The fourth-order valence-corrected chi connectivity index (χ4v) is 8.63. The molecular weight excluding hydrogens is 1190 g/mol. The topological polar surface area (TPSA) is 27.7 Å². The van der Waals surface area contributed by atoms with Crippen LogP contribution in [0.2, 0.25) is 0 Å². The van der Waals surface area contributed by atoms with E-state index in [-0.39, 0.29) is 55.3 Å². The maximum atomic E-state index is 15.0. The van der Waals surface area contributed by atoms with Crippen molar-refractivity contribution in [2.24, 2.45) is 0 Å². The molecule has 1 atom stereocenters. The molecule has 0 aromatic heterocycles. The standard InChI is InChI=1S/C47H57BF18NO3.C8H3F6/c1-5-6-7-8-9-10-11-12-13-14-15-16-17-18-19-20-21-22-39(67(2,3)4)41-38(47(64,65)66)29-35(46(61,62)63)30-40(41)70-48(68-36-25-31(42(49,50)51)23-32(26-36)43(52,53)54)69-37-27-33(44(55,56)57)24-34(28-37)45(58,59)60;9-7(10,11)5-2-1-3-6(4-5)8(12,13)14/h23-30,39H,5-22H2,1-4H3;2-4H/q+1;-1. The highest BCUT2D eigenvalue weighted by Crippen LogP contribution is 2.48. The Hall–Kier alpha value is -5.38. The third-order valence-electron chi connectivity index (χ3n) is 12.9. The number of nitrogens with zero attached hydrogens (tertiary/aromatic N) is 1. The molecular formula is C55H60BF24NO3. The van der Waals surface area contributed by atoms with Crippen molar-refractivity contribution in [1.82, 2.24) is 0 Å². The van der Waals surface area contributed by atoms with Gasteiger partial charge in [-0.1, -0.05) is 121 Å². The molecule has 0 N–H and O–H groups in total. The van der Waals surface area contributed by atoms with Crippen LogP contribution in [0.1, 0.15) is 179 Å². The third-order valence-corrected chi connectivity index (χ3v) is 12.9. The molecule has 0 bridgehead atoms. The summed E-state index contributed by atoms with van der Waals surface area (Å²) in [7, 11) is 0.790. The molecule has 1 unspecified atom stereocenters. The molecule has 0 aliphatic heterocycles. The minimum atomic E-state index is -5.64. The molecule has 0 saturated carbocycles. The van der Waals surface area contributed by atoms with E-state index in [0.29, 0.717) is 25.0 Å². The second kappa shape index (κ2) is 29.8. The molecule has 474 valence electrons. The number of quaternary nitrogens is 1. The lowest BCUT2D eigenvalue weighted by molar-refractivity contribution is -0.902. The molecule has 0 heterocycles. The molecule has 0 aliphatic rings. The maximum absolute atomic E-state index is 15.0. The van der Waals surface area contributed by atoms with Crippen LogP contribution in [0.3, 0.4) is 0 Å². The quantitative estimate of drug-likeness (QED) is 0.0206. The molecule has 0 saturated heterocycles. The van der Waals surface area contributed by atoms with E-state index in [1.165, 1.54) is 66.1 Å². The van der Waals surface area contributed by atoms with E-state index < -0.39 is 147 Å². The Kier molecular flexibility index (Phi) is 25.9. The zero-order valence-electron chi connectivity index (χ0n) is 45.5. The molecule has 0 spiro atoms. The summed E-state index contributed by atoms with van der Waals surface area (Å²) >= 11 is 0. The van der Waals surface area contributed by atoms with Crippen LogP contribution in [0.4, 0.5) is 105 Å². The van der Waals surface area contributed by atoms with E-state index in [2.05, 4.69) is 6.92 Å². The van der Waals surface area contributed by atoms with Crippen LogP contribution >= 0.6 is 0 Å². The summed E-state index contributed by atoms with van der Waals surface area (Å²) in [4.78, 5) is 0. The Bertz CT molecular complexity index is 2470. The third kappa shape index (κ3) is 24.5. The zero-order chi connectivity index (χ0) is 63.9. The predicted octanol–water partition coefficient (Wildman–Crippen LogP) is 21.6. The summed E-state index contributed by atoms with van der Waals surface area (Å²) in [6.45, 7) is 2.17. The first-order valence-electron chi connectivity index (χ1n) is 26.2. The van der Waals surface area contributed by atoms with E-state index in [0.717, 1.165) is 44.9 Å². The summed E-state index contributed by atoms with van der Waals surface area (Å²) < 4.78 is 341. The van der Waals surface area contributed by atoms with E-state index in [1.807, 2.05) is 0 Å². The Labute approximate surface area is 469 Å². The van der Waals surface area contributed by atoms with Crippen molar-refractivity contribution in [1.29, 1.82) is 0 Å². The molecule has 29 heteroatoms. The minimum Gasteiger partial charge on any atom is -0.490 e. The average molecular weight is 1250 g/mol. The molecule has 0 fully saturated rings. The van der Waals surface area contributed by atoms with Crippen LogP contribution in [0.15, 0.2) is 66.7 Å². The summed E-state index contributed by atoms with van der Waals surface area (Å²) in [6.07, 6.45) is -26.7.